The quantitative estimate of drug-likeness (QED) is 0.107. The van der Waals surface area contributed by atoms with Gasteiger partial charge in [0.15, 0.2) is 0 Å². The molecule has 8 heteroatoms. The van der Waals surface area contributed by atoms with Gasteiger partial charge < -0.3 is 23.5 Å². The molecule has 0 aliphatic carbocycles. The van der Waals surface area contributed by atoms with Crippen LogP contribution in [0, 0.1) is 18.5 Å². The molecular weight excluding hydrogens is 736 g/mol. The number of ether oxygens (including phenoxy) is 1. The normalized spacial score (nSPS) is 12.2. The third-order valence-corrected chi connectivity index (χ3v) is 7.84. The van der Waals surface area contributed by atoms with Crippen molar-refractivity contribution in [1.82, 2.24) is 9.55 Å². The van der Waals surface area contributed by atoms with Crippen LogP contribution < -0.4 is 24.4 Å². The summed E-state index contributed by atoms with van der Waals surface area (Å²) in [6.07, 6.45) is 5.20. The number of para-hydroxylation sites is 3. The first-order valence-corrected chi connectivity index (χ1v) is 14.5. The Morgan fingerprint density at radius 2 is 1.42 bits per heavy atom. The van der Waals surface area contributed by atoms with Crippen LogP contribution in [0.15, 0.2) is 140 Å². The number of benzene rings is 5. The fraction of sp³-hybridized carbons (Fsp3) is 0.0270. The van der Waals surface area contributed by atoms with Gasteiger partial charge in [0.05, 0.1) is 18.1 Å². The van der Waals surface area contributed by atoms with E-state index >= 15 is 0 Å². The molecule has 7 aromatic rings. The largest absolute Gasteiger partial charge is 0.510 e. The van der Waals surface area contributed by atoms with E-state index in [4.69, 9.17) is 9.72 Å². The Kier molecular flexibility index (Phi) is 7.70. The van der Waals surface area contributed by atoms with Crippen molar-refractivity contribution in [3.05, 3.63) is 158 Å². The standard InChI is InChI=1S/C37H26BN5O.Pt/c1-40-27-41(34-20-9-8-19-33(34)40)30-17-12-18-31(25-30)44-32-22-23-35-36(26-32)43(37-21-10-11-24-39-37)38(28-13-4-2-5-14-28)42(35)29-15-6-3-7-16-29;/h2-24H,1H3;/q-2;. The van der Waals surface area contributed by atoms with Gasteiger partial charge in [-0.25, -0.2) is 4.98 Å². The predicted molar refractivity (Wildman–Crippen MR) is 174 cm³/mol. The smallest absolute Gasteiger partial charge is 0.408 e. The average molecular weight is 763 g/mol. The minimum absolute atomic E-state index is 0. The van der Waals surface area contributed by atoms with E-state index < -0.39 is 0 Å². The summed E-state index contributed by atoms with van der Waals surface area (Å²) in [5, 5.41) is 0. The van der Waals surface area contributed by atoms with Crippen LogP contribution in [0.4, 0.5) is 22.9 Å². The first kappa shape index (κ1) is 28.6. The fourth-order valence-electron chi connectivity index (χ4n) is 5.91. The third-order valence-electron chi connectivity index (χ3n) is 7.84. The Morgan fingerprint density at radius 1 is 0.689 bits per heavy atom. The van der Waals surface area contributed by atoms with Crippen molar-refractivity contribution in [2.24, 2.45) is 7.05 Å². The van der Waals surface area contributed by atoms with Crippen LogP contribution >= 0.6 is 0 Å². The molecule has 220 valence electrons. The van der Waals surface area contributed by atoms with Gasteiger partial charge in [0.1, 0.15) is 5.82 Å². The number of pyridine rings is 1. The van der Waals surface area contributed by atoms with Crippen LogP contribution in [0.1, 0.15) is 0 Å². The molecule has 1 aliphatic rings. The molecule has 0 amide bonds. The first-order valence-electron chi connectivity index (χ1n) is 14.5. The van der Waals surface area contributed by atoms with Crippen LogP contribution in [-0.4, -0.2) is 16.5 Å². The molecule has 3 heterocycles. The summed E-state index contributed by atoms with van der Waals surface area (Å²) in [6, 6.07) is 52.1. The third kappa shape index (κ3) is 5.19. The Labute approximate surface area is 277 Å². The van der Waals surface area contributed by atoms with Gasteiger partial charge >= 0.3 is 6.98 Å². The molecule has 45 heavy (non-hydrogen) atoms. The summed E-state index contributed by atoms with van der Waals surface area (Å²) in [7, 11) is 1.99. The molecule has 0 spiro atoms. The number of imidazole rings is 1. The number of rotatable bonds is 6. The number of nitrogens with zero attached hydrogens (tertiary/aromatic N) is 5. The van der Waals surface area contributed by atoms with E-state index in [-0.39, 0.29) is 28.0 Å². The van der Waals surface area contributed by atoms with E-state index in [9.17, 15) is 0 Å². The second kappa shape index (κ2) is 12.1. The van der Waals surface area contributed by atoms with E-state index in [1.165, 1.54) is 0 Å². The van der Waals surface area contributed by atoms with Crippen LogP contribution in [-0.2, 0) is 28.1 Å². The van der Waals surface area contributed by atoms with Crippen LogP contribution in [0.3, 0.4) is 0 Å². The zero-order valence-electron chi connectivity index (χ0n) is 24.3. The van der Waals surface area contributed by atoms with Crippen molar-refractivity contribution in [3.63, 3.8) is 0 Å². The molecule has 2 aromatic heterocycles. The number of aryl methyl sites for hydroxylation is 1. The zero-order valence-corrected chi connectivity index (χ0v) is 26.6. The number of aromatic nitrogens is 3. The molecule has 0 saturated carbocycles. The van der Waals surface area contributed by atoms with Crippen molar-refractivity contribution in [3.8, 4) is 17.2 Å². The maximum absolute atomic E-state index is 6.44. The Balaban J connectivity index is 0.00000325. The number of anilines is 4. The summed E-state index contributed by atoms with van der Waals surface area (Å²) in [5.41, 5.74) is 7.09. The van der Waals surface area contributed by atoms with Gasteiger partial charge in [-0.05, 0) is 29.7 Å². The van der Waals surface area contributed by atoms with Crippen molar-refractivity contribution in [1.29, 1.82) is 0 Å². The van der Waals surface area contributed by atoms with Gasteiger partial charge in [0, 0.05) is 44.4 Å². The zero-order chi connectivity index (χ0) is 29.5. The molecular formula is C37H26BN5OPt-2. The molecule has 5 aromatic carbocycles. The van der Waals surface area contributed by atoms with E-state index in [1.54, 1.807) is 0 Å². The Morgan fingerprint density at radius 3 is 2.22 bits per heavy atom. The average Bonchev–Trinajstić information content (AvgIpc) is 3.61. The van der Waals surface area contributed by atoms with E-state index in [1.807, 2.05) is 89.1 Å². The molecule has 0 N–H and O–H groups in total. The molecule has 0 unspecified atom stereocenters. The second-order valence-electron chi connectivity index (χ2n) is 10.6. The number of hydrogen-bond donors (Lipinski definition) is 0. The van der Waals surface area contributed by atoms with Crippen molar-refractivity contribution >= 4 is 46.4 Å². The Bertz CT molecular complexity index is 2090. The van der Waals surface area contributed by atoms with Crippen molar-refractivity contribution in [2.75, 3.05) is 9.62 Å². The summed E-state index contributed by atoms with van der Waals surface area (Å²) in [6.45, 7) is -0.178. The monoisotopic (exact) mass is 762 g/mol. The van der Waals surface area contributed by atoms with Gasteiger partial charge in [-0.3, -0.25) is 0 Å². The maximum atomic E-state index is 6.44. The van der Waals surface area contributed by atoms with Crippen LogP contribution in [0.2, 0.25) is 0 Å². The molecule has 0 radical (unpaired) electrons. The van der Waals surface area contributed by atoms with Gasteiger partial charge in [0.25, 0.3) is 0 Å². The summed E-state index contributed by atoms with van der Waals surface area (Å²) in [4.78, 5) is 9.33. The van der Waals surface area contributed by atoms with Crippen molar-refractivity contribution in [2.45, 2.75) is 0 Å². The summed E-state index contributed by atoms with van der Waals surface area (Å²) < 4.78 is 10.4. The fourth-order valence-corrected chi connectivity index (χ4v) is 5.91. The predicted octanol–water partition coefficient (Wildman–Crippen LogP) is 6.73. The second-order valence-corrected chi connectivity index (χ2v) is 10.6. The molecule has 0 fully saturated rings. The van der Waals surface area contributed by atoms with Crippen LogP contribution in [0.25, 0.3) is 16.7 Å². The minimum Gasteiger partial charge on any atom is -0.510 e. The number of fused-ring (bicyclic) bond motifs is 2. The first-order chi connectivity index (χ1) is 21.7. The molecule has 0 saturated heterocycles. The number of hydrogen-bond acceptors (Lipinski definition) is 4. The van der Waals surface area contributed by atoms with Gasteiger partial charge in [-0.1, -0.05) is 95.9 Å². The summed E-state index contributed by atoms with van der Waals surface area (Å²) >= 11 is 0. The Hall–Kier alpha value is -5.13. The summed E-state index contributed by atoms with van der Waals surface area (Å²) in [5.74, 6) is 2.01. The molecule has 8 rings (SSSR count). The van der Waals surface area contributed by atoms with Gasteiger partial charge in [-0.2, -0.15) is 12.1 Å². The van der Waals surface area contributed by atoms with Gasteiger partial charge in [0.2, 0.25) is 6.33 Å². The maximum Gasteiger partial charge on any atom is 0.408 e. The van der Waals surface area contributed by atoms with Gasteiger partial charge in [-0.15, -0.1) is 30.3 Å². The molecule has 1 aliphatic heterocycles. The minimum atomic E-state index is -0.178. The van der Waals surface area contributed by atoms with E-state index in [0.717, 1.165) is 45.1 Å². The topological polar surface area (TPSA) is 37.4 Å². The van der Waals surface area contributed by atoms with E-state index in [2.05, 4.69) is 94.8 Å². The SMILES string of the molecule is C[n+]1[c-]n(-c2[c-]c(Oc3[c-]c4c(cc3)N(c3ccccc3)B(c3ccccc3)N4c3ccccn3)ccc2)c2ccccc21.[Pt]. The molecule has 6 nitrogen and oxygen atoms in total. The molecule has 0 atom stereocenters. The molecule has 0 bridgehead atoms. The van der Waals surface area contributed by atoms with E-state index in [0.29, 0.717) is 11.5 Å². The van der Waals surface area contributed by atoms with Crippen LogP contribution in [0.5, 0.6) is 11.5 Å². The van der Waals surface area contributed by atoms with Crippen molar-refractivity contribution < 1.29 is 30.4 Å².